The lowest BCUT2D eigenvalue weighted by molar-refractivity contribution is -0.182. The summed E-state index contributed by atoms with van der Waals surface area (Å²) in [6.07, 6.45) is 4.78. The smallest absolute Gasteiger partial charge is 0.267 e. The van der Waals surface area contributed by atoms with Gasteiger partial charge in [-0.15, -0.1) is 6.58 Å². The fourth-order valence-electron chi connectivity index (χ4n) is 1.28. The highest BCUT2D eigenvalue weighted by Gasteiger charge is 2.09. The van der Waals surface area contributed by atoms with Gasteiger partial charge < -0.3 is 0 Å². The molecule has 0 atom stereocenters. The Morgan fingerprint density at radius 2 is 2.12 bits per heavy atom. The van der Waals surface area contributed by atoms with Crippen molar-refractivity contribution in [3.8, 4) is 0 Å². The number of carbonyl (C=O) groups is 1. The van der Waals surface area contributed by atoms with Crippen molar-refractivity contribution in [2.45, 2.75) is 13.5 Å². The lowest BCUT2D eigenvalue weighted by atomic mass is 10.2. The summed E-state index contributed by atoms with van der Waals surface area (Å²) in [5.74, 6) is -0.177. The highest BCUT2D eigenvalue weighted by atomic mass is 16.7. The van der Waals surface area contributed by atoms with Gasteiger partial charge >= 0.3 is 0 Å². The third-order valence-electron chi connectivity index (χ3n) is 2.08. The Morgan fingerprint density at radius 1 is 1.41 bits per heavy atom. The molecule has 1 rings (SSSR count). The first kappa shape index (κ1) is 13.2. The van der Waals surface area contributed by atoms with Crippen LogP contribution in [0.4, 0.5) is 0 Å². The first-order chi connectivity index (χ1) is 8.27. The number of hydrogen-bond acceptors (Lipinski definition) is 2. The molecule has 0 spiro atoms. The minimum absolute atomic E-state index is 0.177. The molecule has 0 saturated heterocycles. The Bertz CT molecular complexity index is 384. The first-order valence-electron chi connectivity index (χ1n) is 5.50. The minimum atomic E-state index is -0.177. The summed E-state index contributed by atoms with van der Waals surface area (Å²) in [6, 6.07) is 9.71. The molecule has 0 aliphatic heterocycles. The molecule has 3 nitrogen and oxygen atoms in total. The number of carbonyl (C=O) groups excluding carboxylic acids is 1. The summed E-state index contributed by atoms with van der Waals surface area (Å²) >= 11 is 0. The monoisotopic (exact) mass is 231 g/mol. The molecule has 0 bridgehead atoms. The zero-order valence-corrected chi connectivity index (χ0v) is 10.0. The number of allylic oxidation sites excluding steroid dienone is 1. The van der Waals surface area contributed by atoms with Crippen molar-refractivity contribution in [1.82, 2.24) is 5.06 Å². The fraction of sp³-hybridized carbons (Fsp3) is 0.214. The SMILES string of the molecule is C=CCN(OCc1ccccc1)C(=O)/C=C/C. The van der Waals surface area contributed by atoms with E-state index in [0.29, 0.717) is 13.2 Å². The van der Waals surface area contributed by atoms with Crippen LogP contribution >= 0.6 is 0 Å². The summed E-state index contributed by atoms with van der Waals surface area (Å²) in [5, 5.41) is 1.29. The summed E-state index contributed by atoms with van der Waals surface area (Å²) in [6.45, 7) is 6.14. The van der Waals surface area contributed by atoms with Crippen molar-refractivity contribution in [3.63, 3.8) is 0 Å². The van der Waals surface area contributed by atoms with Crippen LogP contribution in [0.15, 0.2) is 55.1 Å². The van der Waals surface area contributed by atoms with E-state index in [-0.39, 0.29) is 5.91 Å². The molecule has 0 aliphatic rings. The normalized spacial score (nSPS) is 10.4. The van der Waals surface area contributed by atoms with Crippen LogP contribution in [0.2, 0.25) is 0 Å². The van der Waals surface area contributed by atoms with Gasteiger partial charge in [0.05, 0.1) is 6.54 Å². The Balaban J connectivity index is 2.55. The van der Waals surface area contributed by atoms with Gasteiger partial charge in [0.25, 0.3) is 5.91 Å². The Labute approximate surface area is 102 Å². The number of hydrogen-bond donors (Lipinski definition) is 0. The third-order valence-corrected chi connectivity index (χ3v) is 2.08. The van der Waals surface area contributed by atoms with Crippen LogP contribution in [-0.2, 0) is 16.2 Å². The van der Waals surface area contributed by atoms with E-state index in [0.717, 1.165) is 5.56 Å². The van der Waals surface area contributed by atoms with Gasteiger partial charge in [0, 0.05) is 6.08 Å². The van der Waals surface area contributed by atoms with E-state index in [4.69, 9.17) is 4.84 Å². The van der Waals surface area contributed by atoms with Crippen molar-refractivity contribution < 1.29 is 9.63 Å². The Hall–Kier alpha value is -1.87. The fourth-order valence-corrected chi connectivity index (χ4v) is 1.28. The van der Waals surface area contributed by atoms with Gasteiger partial charge in [0.15, 0.2) is 0 Å². The van der Waals surface area contributed by atoms with Gasteiger partial charge in [-0.3, -0.25) is 9.63 Å². The molecule has 1 aromatic carbocycles. The van der Waals surface area contributed by atoms with Crippen LogP contribution in [0.3, 0.4) is 0 Å². The molecule has 0 fully saturated rings. The molecular weight excluding hydrogens is 214 g/mol. The van der Waals surface area contributed by atoms with Crippen LogP contribution in [0.1, 0.15) is 12.5 Å². The summed E-state index contributed by atoms with van der Waals surface area (Å²) in [4.78, 5) is 17.1. The van der Waals surface area contributed by atoms with E-state index >= 15 is 0 Å². The molecule has 0 unspecified atom stereocenters. The molecular formula is C14H17NO2. The molecule has 0 aliphatic carbocycles. The van der Waals surface area contributed by atoms with Gasteiger partial charge in [-0.2, -0.15) is 0 Å². The van der Waals surface area contributed by atoms with Gasteiger partial charge in [-0.25, -0.2) is 5.06 Å². The first-order valence-corrected chi connectivity index (χ1v) is 5.50. The molecule has 0 aromatic heterocycles. The van der Waals surface area contributed by atoms with Crippen LogP contribution < -0.4 is 0 Å². The zero-order chi connectivity index (χ0) is 12.5. The Morgan fingerprint density at radius 3 is 2.71 bits per heavy atom. The molecule has 0 N–H and O–H groups in total. The molecule has 1 aromatic rings. The Kier molecular flexibility index (Phi) is 5.75. The number of rotatable bonds is 6. The van der Waals surface area contributed by atoms with Gasteiger partial charge in [0.2, 0.25) is 0 Å². The maximum Gasteiger partial charge on any atom is 0.270 e. The van der Waals surface area contributed by atoms with Crippen molar-refractivity contribution in [1.29, 1.82) is 0 Å². The number of hydroxylamine groups is 2. The van der Waals surface area contributed by atoms with Crippen LogP contribution in [-0.4, -0.2) is 17.5 Å². The third kappa shape index (κ3) is 4.66. The maximum absolute atomic E-state index is 11.6. The number of amides is 1. The predicted molar refractivity (Wildman–Crippen MR) is 68.0 cm³/mol. The zero-order valence-electron chi connectivity index (χ0n) is 10.0. The summed E-state index contributed by atoms with van der Waals surface area (Å²) < 4.78 is 0. The quantitative estimate of drug-likeness (QED) is 0.428. The van der Waals surface area contributed by atoms with E-state index < -0.39 is 0 Å². The second-order valence-corrected chi connectivity index (χ2v) is 3.45. The lowest BCUT2D eigenvalue weighted by Gasteiger charge is -2.18. The van der Waals surface area contributed by atoms with Crippen molar-refractivity contribution in [2.75, 3.05) is 6.54 Å². The van der Waals surface area contributed by atoms with Gasteiger partial charge in [-0.1, -0.05) is 42.5 Å². The summed E-state index contributed by atoms with van der Waals surface area (Å²) in [5.41, 5.74) is 1.02. The van der Waals surface area contributed by atoms with Gasteiger partial charge in [-0.05, 0) is 12.5 Å². The highest BCUT2D eigenvalue weighted by Crippen LogP contribution is 2.04. The van der Waals surface area contributed by atoms with E-state index in [1.54, 1.807) is 19.1 Å². The molecule has 0 saturated carbocycles. The predicted octanol–water partition coefficient (Wildman–Crippen LogP) is 2.71. The molecule has 90 valence electrons. The van der Waals surface area contributed by atoms with Crippen molar-refractivity contribution in [3.05, 3.63) is 60.7 Å². The standard InChI is InChI=1S/C14H17NO2/c1-3-8-14(16)15(11-4-2)17-12-13-9-6-5-7-10-13/h3-10H,2,11-12H2,1H3/b8-3+. The van der Waals surface area contributed by atoms with E-state index in [1.807, 2.05) is 30.3 Å². The average Bonchev–Trinajstić information content (AvgIpc) is 2.36. The van der Waals surface area contributed by atoms with E-state index in [9.17, 15) is 4.79 Å². The molecule has 17 heavy (non-hydrogen) atoms. The van der Waals surface area contributed by atoms with E-state index in [2.05, 4.69) is 6.58 Å². The molecule has 3 heteroatoms. The van der Waals surface area contributed by atoms with Crippen LogP contribution in [0.5, 0.6) is 0 Å². The topological polar surface area (TPSA) is 29.5 Å². The van der Waals surface area contributed by atoms with Crippen LogP contribution in [0.25, 0.3) is 0 Å². The van der Waals surface area contributed by atoms with Crippen LogP contribution in [0, 0.1) is 0 Å². The minimum Gasteiger partial charge on any atom is -0.267 e. The van der Waals surface area contributed by atoms with Crippen molar-refractivity contribution in [2.24, 2.45) is 0 Å². The second-order valence-electron chi connectivity index (χ2n) is 3.45. The maximum atomic E-state index is 11.6. The summed E-state index contributed by atoms with van der Waals surface area (Å²) in [7, 11) is 0. The molecule has 1 amide bonds. The van der Waals surface area contributed by atoms with Crippen molar-refractivity contribution >= 4 is 5.91 Å². The molecule has 0 radical (unpaired) electrons. The van der Waals surface area contributed by atoms with E-state index in [1.165, 1.54) is 11.1 Å². The lowest BCUT2D eigenvalue weighted by Crippen LogP contribution is -2.29. The largest absolute Gasteiger partial charge is 0.270 e. The van der Waals surface area contributed by atoms with Gasteiger partial charge in [0.1, 0.15) is 6.61 Å². The molecule has 0 heterocycles. The number of nitrogens with zero attached hydrogens (tertiary/aromatic N) is 1. The average molecular weight is 231 g/mol. The number of benzene rings is 1. The highest BCUT2D eigenvalue weighted by molar-refractivity contribution is 5.86. The second kappa shape index (κ2) is 7.41.